The number of carbonyl (C=O) groups excluding carboxylic acids is 1. The molecule has 4 rings (SSSR count). The van der Waals surface area contributed by atoms with Crippen LogP contribution in [0, 0.1) is 19.7 Å². The molecule has 1 amide bonds. The highest BCUT2D eigenvalue weighted by Gasteiger charge is 2.18. The third-order valence-corrected chi connectivity index (χ3v) is 6.30. The Hall–Kier alpha value is -4.05. The summed E-state index contributed by atoms with van der Waals surface area (Å²) in [6.07, 6.45) is 0. The van der Waals surface area contributed by atoms with Crippen LogP contribution >= 0.6 is 0 Å². The number of benzene rings is 3. The molecule has 0 saturated carbocycles. The monoisotopic (exact) mass is 465 g/mol. The zero-order valence-electron chi connectivity index (χ0n) is 17.8. The van der Waals surface area contributed by atoms with Gasteiger partial charge in [0.15, 0.2) is 5.69 Å². The fourth-order valence-corrected chi connectivity index (χ4v) is 4.17. The number of anilines is 2. The Morgan fingerprint density at radius 1 is 0.879 bits per heavy atom. The Kier molecular flexibility index (Phi) is 5.93. The quantitative estimate of drug-likeness (QED) is 0.446. The Morgan fingerprint density at radius 2 is 1.48 bits per heavy atom. The number of halogens is 1. The first-order valence-electron chi connectivity index (χ1n) is 9.92. The maximum absolute atomic E-state index is 13.2. The molecule has 2 N–H and O–H groups in total. The van der Waals surface area contributed by atoms with E-state index in [1.54, 1.807) is 43.3 Å². The van der Waals surface area contributed by atoms with E-state index in [1.165, 1.54) is 41.1 Å². The molecule has 3 aromatic carbocycles. The lowest BCUT2D eigenvalue weighted by Gasteiger charge is -2.10. The van der Waals surface area contributed by atoms with Crippen LogP contribution in [0.4, 0.5) is 15.8 Å². The molecule has 0 saturated heterocycles. The molecule has 0 fully saturated rings. The number of amides is 1. The number of rotatable bonds is 6. The van der Waals surface area contributed by atoms with Crippen LogP contribution in [-0.2, 0) is 10.0 Å². The van der Waals surface area contributed by atoms with E-state index in [1.807, 2.05) is 6.92 Å². The van der Waals surface area contributed by atoms with Gasteiger partial charge in [-0.25, -0.2) is 17.5 Å². The molecule has 0 bridgehead atoms. The van der Waals surface area contributed by atoms with Gasteiger partial charge in [-0.2, -0.15) is 0 Å². The minimum atomic E-state index is -3.72. The summed E-state index contributed by atoms with van der Waals surface area (Å²) in [6.45, 7) is 3.56. The molecule has 0 spiro atoms. The van der Waals surface area contributed by atoms with Crippen molar-refractivity contribution in [1.82, 2.24) is 15.0 Å². The molecule has 1 heterocycles. The summed E-state index contributed by atoms with van der Waals surface area (Å²) in [6, 6.07) is 18.4. The van der Waals surface area contributed by atoms with Crippen LogP contribution < -0.4 is 10.0 Å². The van der Waals surface area contributed by atoms with E-state index in [-0.39, 0.29) is 16.4 Å². The second kappa shape index (κ2) is 8.83. The summed E-state index contributed by atoms with van der Waals surface area (Å²) in [5.41, 5.74) is 2.94. The van der Waals surface area contributed by atoms with Crippen LogP contribution in [-0.4, -0.2) is 29.3 Å². The van der Waals surface area contributed by atoms with E-state index in [4.69, 9.17) is 0 Å². The lowest BCUT2D eigenvalue weighted by Crippen LogP contribution is -2.15. The number of hydrogen-bond acceptors (Lipinski definition) is 5. The predicted molar refractivity (Wildman–Crippen MR) is 122 cm³/mol. The molecule has 10 heteroatoms. The maximum Gasteiger partial charge on any atom is 0.278 e. The summed E-state index contributed by atoms with van der Waals surface area (Å²) >= 11 is 0. The number of aromatic nitrogens is 3. The molecule has 168 valence electrons. The molecule has 0 aliphatic heterocycles. The highest BCUT2D eigenvalue weighted by atomic mass is 32.2. The minimum Gasteiger partial charge on any atom is -0.321 e. The van der Waals surface area contributed by atoms with E-state index < -0.39 is 15.9 Å². The number of hydrogen-bond donors (Lipinski definition) is 2. The van der Waals surface area contributed by atoms with Crippen molar-refractivity contribution in [1.29, 1.82) is 0 Å². The largest absolute Gasteiger partial charge is 0.321 e. The van der Waals surface area contributed by atoms with Crippen molar-refractivity contribution in [2.24, 2.45) is 0 Å². The average Bonchev–Trinajstić information content (AvgIpc) is 3.17. The number of sulfonamides is 1. The molecule has 8 nitrogen and oxygen atoms in total. The van der Waals surface area contributed by atoms with Crippen molar-refractivity contribution in [3.05, 3.63) is 95.6 Å². The van der Waals surface area contributed by atoms with Gasteiger partial charge in [0.25, 0.3) is 15.9 Å². The summed E-state index contributed by atoms with van der Waals surface area (Å²) in [4.78, 5) is 12.8. The van der Waals surface area contributed by atoms with Crippen molar-refractivity contribution in [3.63, 3.8) is 0 Å². The first-order chi connectivity index (χ1) is 15.7. The number of nitrogens with one attached hydrogen (secondary N) is 2. The van der Waals surface area contributed by atoms with Crippen LogP contribution in [0.2, 0.25) is 0 Å². The zero-order valence-corrected chi connectivity index (χ0v) is 18.6. The van der Waals surface area contributed by atoms with Crippen LogP contribution in [0.25, 0.3) is 5.69 Å². The molecule has 33 heavy (non-hydrogen) atoms. The van der Waals surface area contributed by atoms with Gasteiger partial charge in [-0.15, -0.1) is 5.10 Å². The third kappa shape index (κ3) is 4.90. The van der Waals surface area contributed by atoms with Gasteiger partial charge >= 0.3 is 0 Å². The van der Waals surface area contributed by atoms with E-state index in [0.29, 0.717) is 22.8 Å². The molecule has 0 radical (unpaired) electrons. The van der Waals surface area contributed by atoms with E-state index in [2.05, 4.69) is 20.4 Å². The van der Waals surface area contributed by atoms with Crippen molar-refractivity contribution < 1.29 is 17.6 Å². The Labute approximate surface area is 190 Å². The number of aryl methyl sites for hydroxylation is 1. The molecular weight excluding hydrogens is 445 g/mol. The fraction of sp³-hybridized carbons (Fsp3) is 0.0870. The van der Waals surface area contributed by atoms with Crippen LogP contribution in [0.15, 0.2) is 77.7 Å². The zero-order chi connectivity index (χ0) is 23.6. The highest BCUT2D eigenvalue weighted by molar-refractivity contribution is 7.92. The predicted octanol–water partition coefficient (Wildman–Crippen LogP) is 4.08. The minimum absolute atomic E-state index is 0.114. The van der Waals surface area contributed by atoms with Crippen LogP contribution in [0.3, 0.4) is 0 Å². The molecule has 0 unspecified atom stereocenters. The first kappa shape index (κ1) is 22.2. The van der Waals surface area contributed by atoms with Gasteiger partial charge in [-0.1, -0.05) is 22.9 Å². The van der Waals surface area contributed by atoms with Crippen molar-refractivity contribution in [3.8, 4) is 5.69 Å². The van der Waals surface area contributed by atoms with Crippen molar-refractivity contribution in [2.45, 2.75) is 18.7 Å². The lowest BCUT2D eigenvalue weighted by atomic mass is 10.2. The fourth-order valence-electron chi connectivity index (χ4n) is 3.11. The normalized spacial score (nSPS) is 11.2. The number of carbonyl (C=O) groups is 1. The Bertz CT molecular complexity index is 1400. The SMILES string of the molecule is Cc1ccc(S(=O)(=O)Nc2ccc(NC(=O)c3nnn(-c4ccc(F)cc4)c3C)cc2)cc1. The van der Waals surface area contributed by atoms with Gasteiger partial charge in [0.05, 0.1) is 16.3 Å². The first-order valence-corrected chi connectivity index (χ1v) is 11.4. The van der Waals surface area contributed by atoms with Gasteiger partial charge in [0, 0.05) is 11.4 Å². The van der Waals surface area contributed by atoms with Crippen LogP contribution in [0.1, 0.15) is 21.7 Å². The van der Waals surface area contributed by atoms with Crippen molar-refractivity contribution in [2.75, 3.05) is 10.0 Å². The van der Waals surface area contributed by atoms with Gasteiger partial charge < -0.3 is 5.32 Å². The molecule has 4 aromatic rings. The van der Waals surface area contributed by atoms with Crippen LogP contribution in [0.5, 0.6) is 0 Å². The summed E-state index contributed by atoms with van der Waals surface area (Å²) in [5.74, 6) is -0.854. The van der Waals surface area contributed by atoms with E-state index >= 15 is 0 Å². The molecule has 0 aliphatic carbocycles. The topological polar surface area (TPSA) is 106 Å². The summed E-state index contributed by atoms with van der Waals surface area (Å²) in [5, 5.41) is 10.6. The summed E-state index contributed by atoms with van der Waals surface area (Å²) in [7, 11) is -3.72. The number of nitrogens with zero attached hydrogens (tertiary/aromatic N) is 3. The standard InChI is InChI=1S/C23H20FN5O3S/c1-15-3-13-21(14-4-15)33(31,32)27-19-9-7-18(8-10-19)25-23(30)22-16(2)29(28-26-22)20-11-5-17(24)6-12-20/h3-14,27H,1-2H3,(H,25,30). The smallest absolute Gasteiger partial charge is 0.278 e. The van der Waals surface area contributed by atoms with Gasteiger partial charge in [-0.3, -0.25) is 9.52 Å². The molecule has 1 aromatic heterocycles. The second-order valence-electron chi connectivity index (χ2n) is 7.36. The maximum atomic E-state index is 13.2. The average molecular weight is 466 g/mol. The second-order valence-corrected chi connectivity index (χ2v) is 9.04. The van der Waals surface area contributed by atoms with Gasteiger partial charge in [0.2, 0.25) is 0 Å². The van der Waals surface area contributed by atoms with E-state index in [9.17, 15) is 17.6 Å². The Morgan fingerprint density at radius 3 is 2.12 bits per heavy atom. The summed E-state index contributed by atoms with van der Waals surface area (Å²) < 4.78 is 42.1. The highest BCUT2D eigenvalue weighted by Crippen LogP contribution is 2.20. The molecular formula is C23H20FN5O3S. The molecule has 0 atom stereocenters. The van der Waals surface area contributed by atoms with E-state index in [0.717, 1.165) is 5.56 Å². The Balaban J connectivity index is 1.45. The van der Waals surface area contributed by atoms with Crippen molar-refractivity contribution >= 4 is 27.3 Å². The molecule has 0 aliphatic rings. The third-order valence-electron chi connectivity index (χ3n) is 4.91. The lowest BCUT2D eigenvalue weighted by molar-refractivity contribution is 0.102. The van der Waals surface area contributed by atoms with Gasteiger partial charge in [-0.05, 0) is 74.5 Å². The van der Waals surface area contributed by atoms with Gasteiger partial charge in [0.1, 0.15) is 5.82 Å².